The van der Waals surface area contributed by atoms with Crippen molar-refractivity contribution >= 4 is 11.8 Å². The summed E-state index contributed by atoms with van der Waals surface area (Å²) in [5.74, 6) is 1.23. The van der Waals surface area contributed by atoms with E-state index in [1.807, 2.05) is 23.1 Å². The van der Waals surface area contributed by atoms with E-state index in [2.05, 4.69) is 17.1 Å². The molecule has 2 amide bonds. The zero-order chi connectivity index (χ0) is 18.1. The van der Waals surface area contributed by atoms with E-state index in [1.165, 1.54) is 0 Å². The molecule has 2 atom stereocenters. The van der Waals surface area contributed by atoms with Crippen LogP contribution >= 0.6 is 0 Å². The minimum Gasteiger partial charge on any atom is -0.454 e. The number of rotatable bonds is 5. The van der Waals surface area contributed by atoms with Crippen LogP contribution in [0.4, 0.5) is 0 Å². The number of ether oxygens (including phenoxy) is 2. The first kappa shape index (κ1) is 17.1. The standard InChI is InChI=1S/C19H25N3O4/c1-2-21-5-7-22(8-6-21)19(24)15-10-14(15)18(23)20-11-13-3-4-16-17(9-13)26-12-25-16/h3-4,9,14-15H,2,5-8,10-12H2,1H3,(H,20,23). The van der Waals surface area contributed by atoms with Crippen molar-refractivity contribution in [3.63, 3.8) is 0 Å². The van der Waals surface area contributed by atoms with Crippen molar-refractivity contribution in [3.05, 3.63) is 23.8 Å². The van der Waals surface area contributed by atoms with Crippen LogP contribution in [0.25, 0.3) is 0 Å². The van der Waals surface area contributed by atoms with Crippen LogP contribution < -0.4 is 14.8 Å². The average molecular weight is 359 g/mol. The monoisotopic (exact) mass is 359 g/mol. The number of nitrogens with one attached hydrogen (secondary N) is 1. The van der Waals surface area contributed by atoms with Crippen LogP contribution in [0.3, 0.4) is 0 Å². The number of carbonyl (C=O) groups is 2. The molecule has 4 rings (SSSR count). The van der Waals surface area contributed by atoms with Gasteiger partial charge in [0.15, 0.2) is 11.5 Å². The lowest BCUT2D eigenvalue weighted by molar-refractivity contribution is -0.136. The molecule has 0 radical (unpaired) electrons. The third-order valence-corrected chi connectivity index (χ3v) is 5.48. The lowest BCUT2D eigenvalue weighted by Gasteiger charge is -2.34. The second-order valence-corrected chi connectivity index (χ2v) is 7.11. The number of hydrogen-bond acceptors (Lipinski definition) is 5. The number of carbonyl (C=O) groups excluding carboxylic acids is 2. The molecule has 140 valence electrons. The van der Waals surface area contributed by atoms with E-state index in [4.69, 9.17) is 9.47 Å². The predicted octanol–water partition coefficient (Wildman–Crippen LogP) is 0.832. The van der Waals surface area contributed by atoms with Gasteiger partial charge in [-0.3, -0.25) is 9.59 Å². The molecule has 2 heterocycles. The van der Waals surface area contributed by atoms with Gasteiger partial charge in [0.05, 0.1) is 11.8 Å². The van der Waals surface area contributed by atoms with Crippen molar-refractivity contribution in [2.45, 2.75) is 19.9 Å². The van der Waals surface area contributed by atoms with E-state index in [1.54, 1.807) is 0 Å². The minimum atomic E-state index is -0.180. The Labute approximate surface area is 153 Å². The van der Waals surface area contributed by atoms with Crippen molar-refractivity contribution in [2.75, 3.05) is 39.5 Å². The fourth-order valence-corrected chi connectivity index (χ4v) is 3.65. The zero-order valence-electron chi connectivity index (χ0n) is 15.1. The van der Waals surface area contributed by atoms with Crippen LogP contribution in [0.2, 0.25) is 0 Å². The maximum Gasteiger partial charge on any atom is 0.231 e. The number of likely N-dealkylation sites (N-methyl/N-ethyl adjacent to an activating group) is 1. The summed E-state index contributed by atoms with van der Waals surface area (Å²) in [5, 5.41) is 2.94. The van der Waals surface area contributed by atoms with Crippen LogP contribution in [-0.4, -0.2) is 61.1 Å². The van der Waals surface area contributed by atoms with Gasteiger partial charge in [-0.2, -0.15) is 0 Å². The number of amides is 2. The molecule has 3 aliphatic rings. The Morgan fingerprint density at radius 1 is 1.12 bits per heavy atom. The van der Waals surface area contributed by atoms with Crippen molar-refractivity contribution in [1.82, 2.24) is 15.1 Å². The molecule has 1 N–H and O–H groups in total. The maximum atomic E-state index is 12.6. The number of benzene rings is 1. The SMILES string of the molecule is CCN1CCN(C(=O)C2CC2C(=O)NCc2ccc3c(c2)OCO3)CC1. The molecule has 2 fully saturated rings. The fourth-order valence-electron chi connectivity index (χ4n) is 3.65. The Bertz CT molecular complexity index is 700. The quantitative estimate of drug-likeness (QED) is 0.843. The Balaban J connectivity index is 1.24. The topological polar surface area (TPSA) is 71.1 Å². The van der Waals surface area contributed by atoms with Gasteiger partial charge < -0.3 is 24.6 Å². The smallest absolute Gasteiger partial charge is 0.231 e. The Kier molecular flexibility index (Phi) is 4.72. The lowest BCUT2D eigenvalue weighted by Crippen LogP contribution is -2.49. The summed E-state index contributed by atoms with van der Waals surface area (Å²) in [7, 11) is 0. The second kappa shape index (κ2) is 7.15. The molecule has 1 aliphatic carbocycles. The first-order valence-electron chi connectivity index (χ1n) is 9.33. The molecular formula is C19H25N3O4. The van der Waals surface area contributed by atoms with Gasteiger partial charge in [0.1, 0.15) is 0 Å². The molecule has 1 saturated carbocycles. The summed E-state index contributed by atoms with van der Waals surface area (Å²) in [6, 6.07) is 5.64. The first-order valence-corrected chi connectivity index (χ1v) is 9.33. The molecule has 1 aromatic carbocycles. The lowest BCUT2D eigenvalue weighted by atomic mass is 10.2. The third kappa shape index (κ3) is 3.49. The summed E-state index contributed by atoms with van der Waals surface area (Å²) >= 11 is 0. The van der Waals surface area contributed by atoms with Crippen LogP contribution in [-0.2, 0) is 16.1 Å². The van der Waals surface area contributed by atoms with Gasteiger partial charge in [0, 0.05) is 32.7 Å². The van der Waals surface area contributed by atoms with Gasteiger partial charge in [-0.1, -0.05) is 13.0 Å². The van der Waals surface area contributed by atoms with Crippen molar-refractivity contribution in [3.8, 4) is 11.5 Å². The molecule has 7 nitrogen and oxygen atoms in total. The minimum absolute atomic E-state index is 0.0341. The summed E-state index contributed by atoms with van der Waals surface area (Å²) < 4.78 is 10.6. The highest BCUT2D eigenvalue weighted by Crippen LogP contribution is 2.40. The van der Waals surface area contributed by atoms with E-state index < -0.39 is 0 Å². The summed E-state index contributed by atoms with van der Waals surface area (Å²) in [4.78, 5) is 29.2. The highest BCUT2D eigenvalue weighted by Gasteiger charge is 2.49. The second-order valence-electron chi connectivity index (χ2n) is 7.11. The number of piperazine rings is 1. The average Bonchev–Trinajstić information content (AvgIpc) is 3.35. The molecule has 0 aromatic heterocycles. The predicted molar refractivity (Wildman–Crippen MR) is 94.7 cm³/mol. The largest absolute Gasteiger partial charge is 0.454 e. The van der Waals surface area contributed by atoms with Crippen molar-refractivity contribution in [2.24, 2.45) is 11.8 Å². The normalized spacial score (nSPS) is 24.4. The van der Waals surface area contributed by atoms with Crippen LogP contribution in [0.15, 0.2) is 18.2 Å². The summed E-state index contributed by atoms with van der Waals surface area (Å²) in [6.07, 6.45) is 0.666. The molecule has 0 bridgehead atoms. The Morgan fingerprint density at radius 2 is 1.88 bits per heavy atom. The number of nitrogens with zero attached hydrogens (tertiary/aromatic N) is 2. The molecular weight excluding hydrogens is 334 g/mol. The number of hydrogen-bond donors (Lipinski definition) is 1. The highest BCUT2D eigenvalue weighted by atomic mass is 16.7. The van der Waals surface area contributed by atoms with E-state index in [9.17, 15) is 9.59 Å². The first-order chi connectivity index (χ1) is 12.7. The van der Waals surface area contributed by atoms with Gasteiger partial charge in [-0.25, -0.2) is 0 Å². The zero-order valence-corrected chi connectivity index (χ0v) is 15.1. The van der Waals surface area contributed by atoms with Gasteiger partial charge in [0.2, 0.25) is 18.6 Å². The molecule has 1 saturated heterocycles. The highest BCUT2D eigenvalue weighted by molar-refractivity contribution is 5.92. The van der Waals surface area contributed by atoms with Crippen LogP contribution in [0.1, 0.15) is 18.9 Å². The molecule has 26 heavy (non-hydrogen) atoms. The van der Waals surface area contributed by atoms with E-state index in [-0.39, 0.29) is 30.4 Å². The maximum absolute atomic E-state index is 12.6. The van der Waals surface area contributed by atoms with Gasteiger partial charge in [0.25, 0.3) is 0 Å². The molecule has 2 aliphatic heterocycles. The van der Waals surface area contributed by atoms with Gasteiger partial charge in [-0.05, 0) is 30.7 Å². The van der Waals surface area contributed by atoms with Crippen molar-refractivity contribution in [1.29, 1.82) is 0 Å². The van der Waals surface area contributed by atoms with Gasteiger partial charge in [-0.15, -0.1) is 0 Å². The molecule has 1 aromatic rings. The summed E-state index contributed by atoms with van der Waals surface area (Å²) in [6.45, 7) is 7.23. The van der Waals surface area contributed by atoms with Gasteiger partial charge >= 0.3 is 0 Å². The molecule has 0 spiro atoms. The fraction of sp³-hybridized carbons (Fsp3) is 0.579. The third-order valence-electron chi connectivity index (χ3n) is 5.48. The van der Waals surface area contributed by atoms with E-state index >= 15 is 0 Å². The van der Waals surface area contributed by atoms with Crippen LogP contribution in [0.5, 0.6) is 11.5 Å². The Hall–Kier alpha value is -2.28. The Morgan fingerprint density at radius 3 is 2.65 bits per heavy atom. The van der Waals surface area contributed by atoms with E-state index in [0.717, 1.165) is 44.0 Å². The van der Waals surface area contributed by atoms with E-state index in [0.29, 0.717) is 18.7 Å². The number of fused-ring (bicyclic) bond motifs is 1. The molecule has 7 heteroatoms. The van der Waals surface area contributed by atoms with Crippen LogP contribution in [0, 0.1) is 11.8 Å². The van der Waals surface area contributed by atoms with Crippen molar-refractivity contribution < 1.29 is 19.1 Å². The summed E-state index contributed by atoms with van der Waals surface area (Å²) in [5.41, 5.74) is 0.960. The molecule has 2 unspecified atom stereocenters.